The minimum atomic E-state index is -0.112. The zero-order valence-electron chi connectivity index (χ0n) is 13.8. The Morgan fingerprint density at radius 2 is 2.04 bits per heavy atom. The Morgan fingerprint density at radius 3 is 2.74 bits per heavy atom. The minimum absolute atomic E-state index is 0.112. The highest BCUT2D eigenvalue weighted by molar-refractivity contribution is 5.93. The average Bonchev–Trinajstić information content (AvgIpc) is 2.59. The lowest BCUT2D eigenvalue weighted by atomic mass is 10.2. The molecule has 1 aliphatic heterocycles. The van der Waals surface area contributed by atoms with Crippen molar-refractivity contribution in [1.29, 1.82) is 0 Å². The van der Waals surface area contributed by atoms with Crippen LogP contribution in [0.1, 0.15) is 0 Å². The Hall–Kier alpha value is -1.83. The zero-order valence-corrected chi connectivity index (χ0v) is 13.8. The molecule has 0 unspecified atom stereocenters. The van der Waals surface area contributed by atoms with Crippen LogP contribution in [0.4, 0.5) is 5.69 Å². The minimum Gasteiger partial charge on any atom is -0.497 e. The van der Waals surface area contributed by atoms with Gasteiger partial charge in [-0.3, -0.25) is 9.69 Å². The Morgan fingerprint density at radius 1 is 1.26 bits per heavy atom. The number of anilines is 1. The molecule has 0 atom stereocenters. The summed E-state index contributed by atoms with van der Waals surface area (Å²) in [4.78, 5) is 14.3. The maximum atomic E-state index is 12.0. The second kappa shape index (κ2) is 9.34. The lowest BCUT2D eigenvalue weighted by Gasteiger charge is -2.26. The van der Waals surface area contributed by atoms with Gasteiger partial charge >= 0.3 is 0 Å². The van der Waals surface area contributed by atoms with Gasteiger partial charge in [0, 0.05) is 32.2 Å². The van der Waals surface area contributed by atoms with Crippen molar-refractivity contribution >= 4 is 11.6 Å². The third-order valence-corrected chi connectivity index (χ3v) is 3.67. The molecule has 2 rings (SSSR count). The number of nitrogens with one attached hydrogen (secondary N) is 2. The van der Waals surface area contributed by atoms with Gasteiger partial charge in [-0.05, 0) is 12.1 Å². The quantitative estimate of drug-likeness (QED) is 0.681. The van der Waals surface area contributed by atoms with Crippen LogP contribution in [0.5, 0.6) is 11.5 Å². The highest BCUT2D eigenvalue weighted by Gasteiger charge is 2.11. The van der Waals surface area contributed by atoms with Crippen LogP contribution in [0.15, 0.2) is 18.2 Å². The topological polar surface area (TPSA) is 72.1 Å². The molecule has 23 heavy (non-hydrogen) atoms. The van der Waals surface area contributed by atoms with Crippen molar-refractivity contribution in [2.75, 3.05) is 65.5 Å². The summed E-state index contributed by atoms with van der Waals surface area (Å²) in [5.74, 6) is 1.16. The Balaban J connectivity index is 1.73. The molecule has 128 valence electrons. The van der Waals surface area contributed by atoms with Crippen LogP contribution in [-0.4, -0.2) is 71.0 Å². The molecule has 2 N–H and O–H groups in total. The van der Waals surface area contributed by atoms with E-state index in [4.69, 9.17) is 14.2 Å². The molecule has 0 aliphatic carbocycles. The van der Waals surface area contributed by atoms with Crippen molar-refractivity contribution in [2.45, 2.75) is 0 Å². The summed E-state index contributed by atoms with van der Waals surface area (Å²) in [6.07, 6.45) is 0. The predicted octanol–water partition coefficient (Wildman–Crippen LogP) is 0.564. The van der Waals surface area contributed by atoms with Crippen LogP contribution >= 0.6 is 0 Å². The number of methoxy groups -OCH3 is 2. The highest BCUT2D eigenvalue weighted by atomic mass is 16.5. The summed E-state index contributed by atoms with van der Waals surface area (Å²) >= 11 is 0. The van der Waals surface area contributed by atoms with Gasteiger partial charge in [0.2, 0.25) is 5.91 Å². The lowest BCUT2D eigenvalue weighted by Crippen LogP contribution is -2.41. The van der Waals surface area contributed by atoms with Crippen LogP contribution in [0.2, 0.25) is 0 Å². The zero-order chi connectivity index (χ0) is 16.5. The molecule has 7 heteroatoms. The van der Waals surface area contributed by atoms with Gasteiger partial charge in [-0.1, -0.05) is 0 Å². The number of hydrogen-bond donors (Lipinski definition) is 2. The number of carbonyl (C=O) groups is 1. The van der Waals surface area contributed by atoms with E-state index in [1.54, 1.807) is 32.4 Å². The number of amides is 1. The standard InChI is InChI=1S/C16H25N3O4/c1-21-13-3-4-15(22-2)14(11-13)18-16(20)12-17-5-6-19-7-9-23-10-8-19/h3-4,11,17H,5-10,12H2,1-2H3,(H,18,20). The molecule has 0 saturated carbocycles. The van der Waals surface area contributed by atoms with Gasteiger partial charge in [0.15, 0.2) is 0 Å². The predicted molar refractivity (Wildman–Crippen MR) is 88.3 cm³/mol. The number of benzene rings is 1. The van der Waals surface area contributed by atoms with E-state index in [2.05, 4.69) is 15.5 Å². The van der Waals surface area contributed by atoms with Crippen LogP contribution < -0.4 is 20.1 Å². The number of nitrogens with zero attached hydrogens (tertiary/aromatic N) is 1. The molecule has 1 heterocycles. The van der Waals surface area contributed by atoms with Crippen molar-refractivity contribution in [3.05, 3.63) is 18.2 Å². The maximum absolute atomic E-state index is 12.0. The Bertz CT molecular complexity index is 504. The molecule has 1 saturated heterocycles. The third-order valence-electron chi connectivity index (χ3n) is 3.67. The fourth-order valence-corrected chi connectivity index (χ4v) is 2.37. The molecule has 1 amide bonds. The van der Waals surface area contributed by atoms with Crippen molar-refractivity contribution in [1.82, 2.24) is 10.2 Å². The maximum Gasteiger partial charge on any atom is 0.238 e. The average molecular weight is 323 g/mol. The van der Waals surface area contributed by atoms with E-state index in [1.165, 1.54) is 0 Å². The normalized spacial score (nSPS) is 15.2. The van der Waals surface area contributed by atoms with Gasteiger partial charge in [0.25, 0.3) is 0 Å². The third kappa shape index (κ3) is 5.70. The lowest BCUT2D eigenvalue weighted by molar-refractivity contribution is -0.115. The molecule has 1 fully saturated rings. The van der Waals surface area contributed by atoms with E-state index < -0.39 is 0 Å². The molecule has 7 nitrogen and oxygen atoms in total. The van der Waals surface area contributed by atoms with E-state index >= 15 is 0 Å². The van der Waals surface area contributed by atoms with Gasteiger partial charge < -0.3 is 24.8 Å². The number of morpholine rings is 1. The van der Waals surface area contributed by atoms with Gasteiger partial charge in [-0.15, -0.1) is 0 Å². The summed E-state index contributed by atoms with van der Waals surface area (Å²) in [5.41, 5.74) is 0.604. The van der Waals surface area contributed by atoms with Crippen LogP contribution in [-0.2, 0) is 9.53 Å². The fraction of sp³-hybridized carbons (Fsp3) is 0.562. The van der Waals surface area contributed by atoms with Gasteiger partial charge in [0.05, 0.1) is 39.7 Å². The molecule has 1 aliphatic rings. The van der Waals surface area contributed by atoms with E-state index in [0.717, 1.165) is 39.4 Å². The number of carbonyl (C=O) groups excluding carboxylic acids is 1. The molecule has 0 aromatic heterocycles. The first kappa shape index (κ1) is 17.5. The first-order valence-electron chi connectivity index (χ1n) is 7.75. The van der Waals surface area contributed by atoms with E-state index in [9.17, 15) is 4.79 Å². The van der Waals surface area contributed by atoms with Crippen LogP contribution in [0.3, 0.4) is 0 Å². The van der Waals surface area contributed by atoms with E-state index in [1.807, 2.05) is 0 Å². The molecule has 1 aromatic carbocycles. The number of ether oxygens (including phenoxy) is 3. The van der Waals surface area contributed by atoms with E-state index in [0.29, 0.717) is 17.2 Å². The summed E-state index contributed by atoms with van der Waals surface area (Å²) in [7, 11) is 3.15. The van der Waals surface area contributed by atoms with E-state index in [-0.39, 0.29) is 12.5 Å². The monoisotopic (exact) mass is 323 g/mol. The second-order valence-corrected chi connectivity index (χ2v) is 5.25. The Kier molecular flexibility index (Phi) is 7.12. The highest BCUT2D eigenvalue weighted by Crippen LogP contribution is 2.28. The van der Waals surface area contributed by atoms with Gasteiger partial charge in [0.1, 0.15) is 11.5 Å². The van der Waals surface area contributed by atoms with Crippen molar-refractivity contribution in [2.24, 2.45) is 0 Å². The molecule has 0 radical (unpaired) electrons. The summed E-state index contributed by atoms with van der Waals surface area (Å²) in [5, 5.41) is 5.99. The fourth-order valence-electron chi connectivity index (χ4n) is 2.37. The second-order valence-electron chi connectivity index (χ2n) is 5.25. The first-order valence-corrected chi connectivity index (χ1v) is 7.75. The molecule has 0 spiro atoms. The smallest absolute Gasteiger partial charge is 0.238 e. The molecule has 1 aromatic rings. The van der Waals surface area contributed by atoms with Gasteiger partial charge in [-0.25, -0.2) is 0 Å². The van der Waals surface area contributed by atoms with Crippen molar-refractivity contribution < 1.29 is 19.0 Å². The number of hydrogen-bond acceptors (Lipinski definition) is 6. The molecule has 0 bridgehead atoms. The van der Waals surface area contributed by atoms with Crippen LogP contribution in [0, 0.1) is 0 Å². The van der Waals surface area contributed by atoms with Crippen LogP contribution in [0.25, 0.3) is 0 Å². The largest absolute Gasteiger partial charge is 0.497 e. The summed E-state index contributed by atoms with van der Waals surface area (Å²) < 4.78 is 15.7. The van der Waals surface area contributed by atoms with Crippen molar-refractivity contribution in [3.8, 4) is 11.5 Å². The Labute approximate surface area is 136 Å². The first-order chi connectivity index (χ1) is 11.2. The van der Waals surface area contributed by atoms with Crippen molar-refractivity contribution in [3.63, 3.8) is 0 Å². The summed E-state index contributed by atoms with van der Waals surface area (Å²) in [6.45, 7) is 5.42. The summed E-state index contributed by atoms with van der Waals surface area (Å²) in [6, 6.07) is 5.29. The molecular weight excluding hydrogens is 298 g/mol. The number of rotatable bonds is 8. The molecular formula is C16H25N3O4. The SMILES string of the molecule is COc1ccc(OC)c(NC(=O)CNCCN2CCOCC2)c1. The van der Waals surface area contributed by atoms with Gasteiger partial charge in [-0.2, -0.15) is 0 Å².